The van der Waals surface area contributed by atoms with Gasteiger partial charge < -0.3 is 4.43 Å². The predicted molar refractivity (Wildman–Crippen MR) is 100 cm³/mol. The zero-order chi connectivity index (χ0) is 18.7. The number of hydrogen-bond acceptors (Lipinski definition) is 5. The minimum Gasteiger partial charge on any atom is -0.413 e. The second kappa shape index (κ2) is 7.57. The van der Waals surface area contributed by atoms with E-state index in [1.165, 1.54) is 0 Å². The topological polar surface area (TPSA) is 69.9 Å². The molecule has 0 bridgehead atoms. The standard InChI is InChI=1S/C18H28N4O2Si/c1-14-15(16(23)12-17-19-9-7-10-20-17)13-21-22(14)11-8-18(2,3)24-25(4,5)6/h7,9-10,13H,8,11-12H2,1-6H3. The number of carbonyl (C=O) groups is 1. The fourth-order valence-corrected chi connectivity index (χ4v) is 4.62. The summed E-state index contributed by atoms with van der Waals surface area (Å²) in [6.45, 7) is 13.5. The number of aromatic nitrogens is 4. The molecule has 2 heterocycles. The van der Waals surface area contributed by atoms with E-state index < -0.39 is 8.32 Å². The van der Waals surface area contributed by atoms with Crippen molar-refractivity contribution < 1.29 is 9.22 Å². The van der Waals surface area contributed by atoms with Crippen LogP contribution in [-0.2, 0) is 17.4 Å². The van der Waals surface area contributed by atoms with Crippen LogP contribution in [0.25, 0.3) is 0 Å². The van der Waals surface area contributed by atoms with E-state index in [4.69, 9.17) is 4.43 Å². The third kappa shape index (κ3) is 5.86. The predicted octanol–water partition coefficient (Wildman–Crippen LogP) is 3.43. The van der Waals surface area contributed by atoms with Crippen LogP contribution in [0.2, 0.25) is 19.6 Å². The lowest BCUT2D eigenvalue weighted by Gasteiger charge is -2.33. The first kappa shape index (κ1) is 19.5. The average Bonchev–Trinajstić information content (AvgIpc) is 2.85. The summed E-state index contributed by atoms with van der Waals surface area (Å²) < 4.78 is 8.12. The van der Waals surface area contributed by atoms with Gasteiger partial charge in [0.2, 0.25) is 0 Å². The summed E-state index contributed by atoms with van der Waals surface area (Å²) in [6.07, 6.45) is 5.97. The quantitative estimate of drug-likeness (QED) is 0.533. The maximum absolute atomic E-state index is 12.5. The van der Waals surface area contributed by atoms with Crippen molar-refractivity contribution in [1.29, 1.82) is 0 Å². The van der Waals surface area contributed by atoms with Crippen molar-refractivity contribution in [2.45, 2.75) is 65.4 Å². The van der Waals surface area contributed by atoms with E-state index in [1.807, 2.05) is 11.6 Å². The number of carbonyl (C=O) groups excluding carboxylic acids is 1. The minimum atomic E-state index is -1.60. The van der Waals surface area contributed by atoms with E-state index in [9.17, 15) is 4.79 Å². The molecule has 0 aliphatic rings. The van der Waals surface area contributed by atoms with E-state index in [1.54, 1.807) is 24.7 Å². The Morgan fingerprint density at radius 2 is 1.88 bits per heavy atom. The van der Waals surface area contributed by atoms with Gasteiger partial charge in [-0.1, -0.05) is 0 Å². The molecule has 0 aliphatic carbocycles. The number of rotatable bonds is 8. The highest BCUT2D eigenvalue weighted by Gasteiger charge is 2.27. The first-order valence-corrected chi connectivity index (χ1v) is 12.0. The van der Waals surface area contributed by atoms with E-state index in [2.05, 4.69) is 48.6 Å². The Labute approximate surface area is 150 Å². The van der Waals surface area contributed by atoms with Crippen LogP contribution in [0.15, 0.2) is 24.7 Å². The number of hydrogen-bond donors (Lipinski definition) is 0. The van der Waals surface area contributed by atoms with Crippen LogP contribution in [0.3, 0.4) is 0 Å². The lowest BCUT2D eigenvalue weighted by Crippen LogP contribution is -2.39. The molecule has 0 fully saturated rings. The highest BCUT2D eigenvalue weighted by Crippen LogP contribution is 2.22. The summed E-state index contributed by atoms with van der Waals surface area (Å²) >= 11 is 0. The smallest absolute Gasteiger partial charge is 0.184 e. The SMILES string of the molecule is Cc1c(C(=O)Cc2ncccn2)cnn1CCC(C)(C)O[Si](C)(C)C. The third-order valence-corrected chi connectivity index (χ3v) is 5.01. The molecule has 0 aromatic carbocycles. The number of nitrogens with zero attached hydrogens (tertiary/aromatic N) is 4. The highest BCUT2D eigenvalue weighted by atomic mass is 28.4. The van der Waals surface area contributed by atoms with Crippen molar-refractivity contribution >= 4 is 14.1 Å². The molecule has 0 saturated heterocycles. The lowest BCUT2D eigenvalue weighted by atomic mass is 10.1. The number of aryl methyl sites for hydroxylation is 1. The molecule has 0 aliphatic heterocycles. The van der Waals surface area contributed by atoms with Crippen LogP contribution in [0.1, 0.15) is 42.1 Å². The monoisotopic (exact) mass is 360 g/mol. The van der Waals surface area contributed by atoms with Gasteiger partial charge >= 0.3 is 0 Å². The van der Waals surface area contributed by atoms with Gasteiger partial charge in [0.1, 0.15) is 5.82 Å². The van der Waals surface area contributed by atoms with Crippen molar-refractivity contribution in [2.24, 2.45) is 0 Å². The van der Waals surface area contributed by atoms with Gasteiger partial charge in [0.05, 0.1) is 23.8 Å². The largest absolute Gasteiger partial charge is 0.413 e. The van der Waals surface area contributed by atoms with E-state index >= 15 is 0 Å². The Bertz CT molecular complexity index is 720. The molecule has 136 valence electrons. The summed E-state index contributed by atoms with van der Waals surface area (Å²) in [5.41, 5.74) is 1.31. The van der Waals surface area contributed by atoms with Crippen LogP contribution in [-0.4, -0.2) is 39.5 Å². The van der Waals surface area contributed by atoms with Gasteiger partial charge in [-0.05, 0) is 52.9 Å². The maximum atomic E-state index is 12.5. The van der Waals surface area contributed by atoms with Crippen molar-refractivity contribution in [3.63, 3.8) is 0 Å². The molecule has 0 radical (unpaired) electrons. The van der Waals surface area contributed by atoms with Crippen molar-refractivity contribution in [3.05, 3.63) is 41.7 Å². The van der Waals surface area contributed by atoms with Crippen LogP contribution >= 0.6 is 0 Å². The first-order chi connectivity index (χ1) is 11.6. The second-order valence-electron chi connectivity index (χ2n) is 7.86. The Balaban J connectivity index is 2.02. The summed E-state index contributed by atoms with van der Waals surface area (Å²) in [6, 6.07) is 1.74. The fourth-order valence-electron chi connectivity index (χ4n) is 2.86. The highest BCUT2D eigenvalue weighted by molar-refractivity contribution is 6.69. The number of Topliss-reactive ketones (excluding diaryl/α,β-unsaturated/α-hetero) is 1. The van der Waals surface area contributed by atoms with E-state index in [0.29, 0.717) is 11.4 Å². The van der Waals surface area contributed by atoms with Crippen LogP contribution in [0, 0.1) is 6.92 Å². The van der Waals surface area contributed by atoms with E-state index in [0.717, 1.165) is 18.7 Å². The molecule has 7 heteroatoms. The van der Waals surface area contributed by atoms with Gasteiger partial charge in [-0.3, -0.25) is 9.48 Å². The normalized spacial score (nSPS) is 12.4. The van der Waals surface area contributed by atoms with E-state index in [-0.39, 0.29) is 17.8 Å². The molecular formula is C18H28N4O2Si. The molecule has 0 spiro atoms. The first-order valence-electron chi connectivity index (χ1n) is 8.59. The molecule has 2 aromatic heterocycles. The molecule has 2 rings (SSSR count). The van der Waals surface area contributed by atoms with Crippen LogP contribution in [0.5, 0.6) is 0 Å². The summed E-state index contributed by atoms with van der Waals surface area (Å²) in [5, 5.41) is 4.39. The molecule has 0 unspecified atom stereocenters. The zero-order valence-electron chi connectivity index (χ0n) is 16.0. The van der Waals surface area contributed by atoms with Crippen molar-refractivity contribution in [2.75, 3.05) is 0 Å². The molecule has 0 N–H and O–H groups in total. The van der Waals surface area contributed by atoms with Gasteiger partial charge in [-0.25, -0.2) is 9.97 Å². The van der Waals surface area contributed by atoms with Gasteiger partial charge in [-0.2, -0.15) is 5.10 Å². The molecule has 0 saturated carbocycles. The summed E-state index contributed by atoms with van der Waals surface area (Å²) in [7, 11) is -1.60. The molecular weight excluding hydrogens is 332 g/mol. The van der Waals surface area contributed by atoms with Crippen LogP contribution in [0.4, 0.5) is 0 Å². The Kier molecular flexibility index (Phi) is 5.90. The van der Waals surface area contributed by atoms with Gasteiger partial charge in [0, 0.05) is 24.6 Å². The maximum Gasteiger partial charge on any atom is 0.184 e. The second-order valence-corrected chi connectivity index (χ2v) is 12.3. The summed E-state index contributed by atoms with van der Waals surface area (Å²) in [5.74, 6) is 0.525. The number of ketones is 1. The van der Waals surface area contributed by atoms with Crippen molar-refractivity contribution in [1.82, 2.24) is 19.7 Å². The Morgan fingerprint density at radius 1 is 1.24 bits per heavy atom. The molecule has 25 heavy (non-hydrogen) atoms. The molecule has 6 nitrogen and oxygen atoms in total. The molecule has 2 aromatic rings. The van der Waals surface area contributed by atoms with Crippen molar-refractivity contribution in [3.8, 4) is 0 Å². The van der Waals surface area contributed by atoms with Gasteiger partial charge in [0.25, 0.3) is 0 Å². The average molecular weight is 361 g/mol. The summed E-state index contributed by atoms with van der Waals surface area (Å²) in [4.78, 5) is 20.7. The van der Waals surface area contributed by atoms with Gasteiger partial charge in [0.15, 0.2) is 14.1 Å². The fraction of sp³-hybridized carbons (Fsp3) is 0.556. The zero-order valence-corrected chi connectivity index (χ0v) is 17.0. The minimum absolute atomic E-state index is 0.00689. The molecule has 0 amide bonds. The lowest BCUT2D eigenvalue weighted by molar-refractivity contribution is 0.0847. The Hall–Kier alpha value is -1.86. The Morgan fingerprint density at radius 3 is 2.48 bits per heavy atom. The van der Waals surface area contributed by atoms with Crippen LogP contribution < -0.4 is 0 Å². The third-order valence-electron chi connectivity index (χ3n) is 3.85. The molecule has 0 atom stereocenters. The van der Waals surface area contributed by atoms with Gasteiger partial charge in [-0.15, -0.1) is 0 Å².